The fourth-order valence-electron chi connectivity index (χ4n) is 4.47. The fourth-order valence-corrected chi connectivity index (χ4v) is 4.47. The van der Waals surface area contributed by atoms with Crippen LogP contribution in [0, 0.1) is 0 Å². The number of carbonyl (C=O) groups excluding carboxylic acids is 1. The van der Waals surface area contributed by atoms with Gasteiger partial charge < -0.3 is 18.5 Å². The van der Waals surface area contributed by atoms with Crippen molar-refractivity contribution in [2.75, 3.05) is 13.2 Å². The number of hydrogen-bond donors (Lipinski definition) is 0. The first-order valence-corrected chi connectivity index (χ1v) is 12.0. The van der Waals surface area contributed by atoms with Crippen molar-refractivity contribution in [1.82, 2.24) is 14.8 Å². The Hall–Kier alpha value is -4.91. The van der Waals surface area contributed by atoms with Crippen LogP contribution < -0.4 is 4.74 Å². The smallest absolute Gasteiger partial charge is 0.302 e. The van der Waals surface area contributed by atoms with E-state index in [1.165, 1.54) is 17.7 Å². The van der Waals surface area contributed by atoms with Gasteiger partial charge >= 0.3 is 5.97 Å². The summed E-state index contributed by atoms with van der Waals surface area (Å²) >= 11 is 0. The van der Waals surface area contributed by atoms with E-state index in [-0.39, 0.29) is 19.2 Å². The minimum atomic E-state index is -0.334. The number of ether oxygens (including phenoxy) is 2. The lowest BCUT2D eigenvalue weighted by Gasteiger charge is -2.08. The third-order valence-corrected chi connectivity index (χ3v) is 6.12. The van der Waals surface area contributed by atoms with Crippen LogP contribution >= 0.6 is 0 Å². The van der Waals surface area contributed by atoms with Crippen LogP contribution in [0.25, 0.3) is 50.4 Å². The molecule has 0 aliphatic carbocycles. The standard InChI is InChI=1S/C30H23N3O4/c1-20(34)35-17-18-36-24-8-6-7-22(19-24)30-32-31-29(37-30)21-13-15-23(16-14-21)33-27-11-4-2-9-25(27)26-10-3-5-12-28(26)33/h2-16,19H,17-18H2,1H3. The molecular formula is C30H23N3O4. The number of para-hydroxylation sites is 2. The predicted octanol–water partition coefficient (Wildman–Crippen LogP) is 6.44. The van der Waals surface area contributed by atoms with Crippen molar-refractivity contribution in [2.24, 2.45) is 0 Å². The molecule has 6 rings (SSSR count). The molecule has 6 aromatic rings. The van der Waals surface area contributed by atoms with Crippen LogP contribution in [0.3, 0.4) is 0 Å². The Balaban J connectivity index is 1.25. The highest BCUT2D eigenvalue weighted by molar-refractivity contribution is 6.09. The van der Waals surface area contributed by atoms with E-state index in [0.29, 0.717) is 17.5 Å². The Kier molecular flexibility index (Phi) is 5.86. The van der Waals surface area contributed by atoms with Crippen LogP contribution in [-0.4, -0.2) is 33.9 Å². The Morgan fingerprint density at radius 3 is 2.08 bits per heavy atom. The van der Waals surface area contributed by atoms with Gasteiger partial charge in [0.25, 0.3) is 0 Å². The highest BCUT2D eigenvalue weighted by Gasteiger charge is 2.14. The van der Waals surface area contributed by atoms with Crippen molar-refractivity contribution >= 4 is 27.8 Å². The summed E-state index contributed by atoms with van der Waals surface area (Å²) in [5.41, 5.74) is 4.94. The molecule has 2 heterocycles. The number of hydrogen-bond acceptors (Lipinski definition) is 6. The second-order valence-electron chi connectivity index (χ2n) is 8.55. The summed E-state index contributed by atoms with van der Waals surface area (Å²) in [6, 6.07) is 32.3. The van der Waals surface area contributed by atoms with Gasteiger partial charge in [0.05, 0.1) is 11.0 Å². The first kappa shape index (κ1) is 22.5. The summed E-state index contributed by atoms with van der Waals surface area (Å²) in [6.45, 7) is 1.82. The first-order valence-electron chi connectivity index (χ1n) is 12.0. The zero-order valence-corrected chi connectivity index (χ0v) is 20.1. The van der Waals surface area contributed by atoms with Crippen LogP contribution in [-0.2, 0) is 9.53 Å². The topological polar surface area (TPSA) is 79.4 Å². The zero-order chi connectivity index (χ0) is 25.2. The molecule has 7 nitrogen and oxygen atoms in total. The summed E-state index contributed by atoms with van der Waals surface area (Å²) in [5, 5.41) is 10.9. The summed E-state index contributed by atoms with van der Waals surface area (Å²) in [6.07, 6.45) is 0. The van der Waals surface area contributed by atoms with E-state index in [2.05, 4.69) is 75.4 Å². The first-order chi connectivity index (χ1) is 18.2. The number of nitrogens with zero attached hydrogens (tertiary/aromatic N) is 3. The average molecular weight is 490 g/mol. The number of benzene rings is 4. The minimum Gasteiger partial charge on any atom is -0.490 e. The van der Waals surface area contributed by atoms with Crippen LogP contribution in [0.15, 0.2) is 101 Å². The second kappa shape index (κ2) is 9.62. The van der Waals surface area contributed by atoms with E-state index in [9.17, 15) is 4.79 Å². The molecule has 0 N–H and O–H groups in total. The van der Waals surface area contributed by atoms with E-state index in [1.807, 2.05) is 36.4 Å². The maximum atomic E-state index is 10.9. The fraction of sp³-hybridized carbons (Fsp3) is 0.100. The molecular weight excluding hydrogens is 466 g/mol. The van der Waals surface area contributed by atoms with Crippen molar-refractivity contribution in [3.63, 3.8) is 0 Å². The molecule has 37 heavy (non-hydrogen) atoms. The van der Waals surface area contributed by atoms with Gasteiger partial charge in [-0.2, -0.15) is 0 Å². The van der Waals surface area contributed by atoms with Gasteiger partial charge in [-0.15, -0.1) is 10.2 Å². The molecule has 0 radical (unpaired) electrons. The molecule has 0 amide bonds. The van der Waals surface area contributed by atoms with Gasteiger partial charge in [0.1, 0.15) is 19.0 Å². The lowest BCUT2D eigenvalue weighted by atomic mass is 10.2. The highest BCUT2D eigenvalue weighted by atomic mass is 16.6. The minimum absolute atomic E-state index is 0.189. The van der Waals surface area contributed by atoms with Gasteiger partial charge in [-0.1, -0.05) is 42.5 Å². The third-order valence-electron chi connectivity index (χ3n) is 6.12. The summed E-state index contributed by atoms with van der Waals surface area (Å²) in [5.74, 6) is 1.12. The monoisotopic (exact) mass is 489 g/mol. The van der Waals surface area contributed by atoms with Crippen LogP contribution in [0.2, 0.25) is 0 Å². The summed E-state index contributed by atoms with van der Waals surface area (Å²) < 4.78 is 18.8. The van der Waals surface area contributed by atoms with Crippen molar-refractivity contribution in [3.05, 3.63) is 97.1 Å². The van der Waals surface area contributed by atoms with Crippen LogP contribution in [0.4, 0.5) is 0 Å². The van der Waals surface area contributed by atoms with E-state index in [0.717, 1.165) is 27.8 Å². The van der Waals surface area contributed by atoms with Gasteiger partial charge in [-0.25, -0.2) is 0 Å². The van der Waals surface area contributed by atoms with Crippen molar-refractivity contribution in [1.29, 1.82) is 0 Å². The van der Waals surface area contributed by atoms with Crippen LogP contribution in [0.5, 0.6) is 5.75 Å². The van der Waals surface area contributed by atoms with Crippen molar-refractivity contribution < 1.29 is 18.7 Å². The molecule has 0 spiro atoms. The maximum absolute atomic E-state index is 10.9. The molecule has 0 atom stereocenters. The van der Waals surface area contributed by atoms with E-state index >= 15 is 0 Å². The van der Waals surface area contributed by atoms with E-state index < -0.39 is 0 Å². The SMILES string of the molecule is CC(=O)OCCOc1cccc(-c2nnc(-c3ccc(-n4c5ccccc5c5ccccc54)cc3)o2)c1. The maximum Gasteiger partial charge on any atom is 0.302 e. The normalized spacial score (nSPS) is 11.2. The van der Waals surface area contributed by atoms with Crippen molar-refractivity contribution in [2.45, 2.75) is 6.92 Å². The number of fused-ring (bicyclic) bond motifs is 3. The number of esters is 1. The number of carbonyl (C=O) groups is 1. The summed E-state index contributed by atoms with van der Waals surface area (Å²) in [4.78, 5) is 10.9. The molecule has 4 aromatic carbocycles. The number of aromatic nitrogens is 3. The quantitative estimate of drug-likeness (QED) is 0.190. The molecule has 2 aromatic heterocycles. The average Bonchev–Trinajstić information content (AvgIpc) is 3.55. The Bertz CT molecular complexity index is 1660. The van der Waals surface area contributed by atoms with Gasteiger partial charge in [0.15, 0.2) is 0 Å². The molecule has 0 aliphatic heterocycles. The molecule has 7 heteroatoms. The van der Waals surface area contributed by atoms with Gasteiger partial charge in [-0.05, 0) is 54.6 Å². The molecule has 0 saturated carbocycles. The Morgan fingerprint density at radius 1 is 0.757 bits per heavy atom. The Labute approximate surface area is 212 Å². The molecule has 0 fully saturated rings. The summed E-state index contributed by atoms with van der Waals surface area (Å²) in [7, 11) is 0. The molecule has 0 saturated heterocycles. The molecule has 0 aliphatic rings. The largest absolute Gasteiger partial charge is 0.490 e. The van der Waals surface area contributed by atoms with Gasteiger partial charge in [0.2, 0.25) is 11.8 Å². The van der Waals surface area contributed by atoms with Crippen LogP contribution in [0.1, 0.15) is 6.92 Å². The van der Waals surface area contributed by atoms with E-state index in [1.54, 1.807) is 0 Å². The molecule has 182 valence electrons. The lowest BCUT2D eigenvalue weighted by Crippen LogP contribution is -2.09. The predicted molar refractivity (Wildman–Crippen MR) is 142 cm³/mol. The lowest BCUT2D eigenvalue weighted by molar-refractivity contribution is -0.141. The molecule has 0 unspecified atom stereocenters. The zero-order valence-electron chi connectivity index (χ0n) is 20.1. The van der Waals surface area contributed by atoms with Gasteiger partial charge in [0, 0.05) is 34.5 Å². The molecule has 0 bridgehead atoms. The van der Waals surface area contributed by atoms with Gasteiger partial charge in [-0.3, -0.25) is 4.79 Å². The number of rotatable bonds is 7. The van der Waals surface area contributed by atoms with Crippen molar-refractivity contribution in [3.8, 4) is 34.3 Å². The Morgan fingerprint density at radius 2 is 1.41 bits per heavy atom. The highest BCUT2D eigenvalue weighted by Crippen LogP contribution is 2.33. The third kappa shape index (κ3) is 4.43. The second-order valence-corrected chi connectivity index (χ2v) is 8.55. The van der Waals surface area contributed by atoms with E-state index in [4.69, 9.17) is 13.9 Å².